The highest BCUT2D eigenvalue weighted by molar-refractivity contribution is 7.89. The molecule has 7 nitrogen and oxygen atoms in total. The molecule has 1 fully saturated rings. The lowest BCUT2D eigenvalue weighted by Crippen LogP contribution is -2.51. The Labute approximate surface area is 218 Å². The van der Waals surface area contributed by atoms with Crippen molar-refractivity contribution in [2.45, 2.75) is 52.1 Å². The molecular formula is C27H35F2N3O4S. The summed E-state index contributed by atoms with van der Waals surface area (Å²) in [5, 5.41) is 0. The zero-order valence-electron chi connectivity index (χ0n) is 21.4. The first-order chi connectivity index (χ1) is 17.7. The molecule has 10 heteroatoms. The van der Waals surface area contributed by atoms with Gasteiger partial charge < -0.3 is 9.80 Å². The summed E-state index contributed by atoms with van der Waals surface area (Å²) in [6, 6.07) is 11.4. The minimum Gasteiger partial charge on any atom is -0.338 e. The van der Waals surface area contributed by atoms with Crippen LogP contribution in [0.1, 0.15) is 55.5 Å². The van der Waals surface area contributed by atoms with Crippen LogP contribution in [0, 0.1) is 11.6 Å². The maximum absolute atomic E-state index is 14.1. The highest BCUT2D eigenvalue weighted by Gasteiger charge is 2.33. The summed E-state index contributed by atoms with van der Waals surface area (Å²) in [7, 11) is -3.58. The van der Waals surface area contributed by atoms with Gasteiger partial charge in [0, 0.05) is 32.2 Å². The van der Waals surface area contributed by atoms with Crippen LogP contribution in [0.25, 0.3) is 0 Å². The molecule has 2 amide bonds. The third kappa shape index (κ3) is 7.58. The van der Waals surface area contributed by atoms with Gasteiger partial charge in [0.05, 0.1) is 17.9 Å². The van der Waals surface area contributed by atoms with Crippen molar-refractivity contribution in [3.8, 4) is 0 Å². The van der Waals surface area contributed by atoms with Crippen molar-refractivity contribution < 1.29 is 26.8 Å². The van der Waals surface area contributed by atoms with Crippen LogP contribution in [-0.2, 0) is 21.4 Å². The summed E-state index contributed by atoms with van der Waals surface area (Å²) in [6.45, 7) is 4.46. The zero-order valence-corrected chi connectivity index (χ0v) is 22.2. The highest BCUT2D eigenvalue weighted by Crippen LogP contribution is 2.22. The van der Waals surface area contributed by atoms with Crippen LogP contribution in [0.4, 0.5) is 8.78 Å². The maximum atomic E-state index is 14.1. The van der Waals surface area contributed by atoms with Crippen LogP contribution in [0.3, 0.4) is 0 Å². The number of rotatable bonds is 11. The van der Waals surface area contributed by atoms with Gasteiger partial charge in [0.15, 0.2) is 0 Å². The first-order valence-electron chi connectivity index (χ1n) is 12.7. The summed E-state index contributed by atoms with van der Waals surface area (Å²) in [5.74, 6) is -1.73. The molecular weight excluding hydrogens is 500 g/mol. The lowest BCUT2D eigenvalue weighted by Gasteiger charge is -2.39. The number of hydrogen-bond donors (Lipinski definition) is 0. The molecule has 0 bridgehead atoms. The van der Waals surface area contributed by atoms with Gasteiger partial charge in [-0.25, -0.2) is 17.2 Å². The van der Waals surface area contributed by atoms with Gasteiger partial charge in [0.2, 0.25) is 15.9 Å². The lowest BCUT2D eigenvalue weighted by atomic mass is 10.0. The minimum absolute atomic E-state index is 0.0107. The quantitative estimate of drug-likeness (QED) is 0.435. The Morgan fingerprint density at radius 2 is 1.62 bits per heavy atom. The number of piperidine rings is 1. The fraction of sp³-hybridized carbons (Fsp3) is 0.481. The Morgan fingerprint density at radius 1 is 0.973 bits per heavy atom. The Kier molecular flexibility index (Phi) is 10.2. The van der Waals surface area contributed by atoms with Crippen molar-refractivity contribution in [1.82, 2.24) is 14.1 Å². The van der Waals surface area contributed by atoms with E-state index in [0.29, 0.717) is 38.8 Å². The van der Waals surface area contributed by atoms with E-state index in [2.05, 4.69) is 0 Å². The van der Waals surface area contributed by atoms with E-state index >= 15 is 0 Å². The van der Waals surface area contributed by atoms with Gasteiger partial charge in [0.1, 0.15) is 11.6 Å². The molecule has 0 aliphatic carbocycles. The van der Waals surface area contributed by atoms with Gasteiger partial charge >= 0.3 is 0 Å². The van der Waals surface area contributed by atoms with E-state index in [1.807, 2.05) is 6.92 Å². The number of hydrogen-bond acceptors (Lipinski definition) is 4. The first-order valence-corrected chi connectivity index (χ1v) is 14.3. The average Bonchev–Trinajstić information content (AvgIpc) is 2.88. The van der Waals surface area contributed by atoms with Crippen LogP contribution >= 0.6 is 0 Å². The smallest absolute Gasteiger partial charge is 0.256 e. The van der Waals surface area contributed by atoms with Crippen molar-refractivity contribution in [3.05, 3.63) is 71.3 Å². The van der Waals surface area contributed by atoms with Gasteiger partial charge in [-0.1, -0.05) is 38.1 Å². The topological polar surface area (TPSA) is 78.0 Å². The standard InChI is InChI=1S/C27H35F2N3O4S/c1-3-15-31(37(35,36)18-4-2)20-26(33)32(19-21-9-11-22(28)12-10-21)23-13-16-30(17-14-23)27(34)24-7-5-6-8-25(24)29/h5-12,23H,3-4,13-20H2,1-2H3. The molecule has 0 radical (unpaired) electrons. The number of carbonyl (C=O) groups is 2. The number of halogens is 2. The SMILES string of the molecule is CCCN(CC(=O)N(Cc1ccc(F)cc1)C1CCN(C(=O)c2ccccc2F)CC1)S(=O)(=O)CCC. The van der Waals surface area contributed by atoms with Crippen molar-refractivity contribution in [2.24, 2.45) is 0 Å². The normalized spacial score (nSPS) is 14.7. The summed E-state index contributed by atoms with van der Waals surface area (Å²) in [6.07, 6.45) is 1.94. The number of nitrogens with zero attached hydrogens (tertiary/aromatic N) is 3. The van der Waals surface area contributed by atoms with E-state index in [1.54, 1.807) is 34.9 Å². The average molecular weight is 536 g/mol. The van der Waals surface area contributed by atoms with E-state index < -0.39 is 21.7 Å². The second-order valence-electron chi connectivity index (χ2n) is 9.30. The molecule has 1 heterocycles. The fourth-order valence-electron chi connectivity index (χ4n) is 4.59. The lowest BCUT2D eigenvalue weighted by molar-refractivity contribution is -0.135. The first kappa shape index (κ1) is 28.7. The summed E-state index contributed by atoms with van der Waals surface area (Å²) < 4.78 is 54.4. The molecule has 2 aromatic carbocycles. The Hall–Kier alpha value is -2.85. The van der Waals surface area contributed by atoms with E-state index in [0.717, 1.165) is 5.56 Å². The molecule has 1 saturated heterocycles. The third-order valence-corrected chi connectivity index (χ3v) is 8.55. The van der Waals surface area contributed by atoms with E-state index in [1.165, 1.54) is 34.6 Å². The van der Waals surface area contributed by atoms with E-state index in [-0.39, 0.29) is 48.7 Å². The van der Waals surface area contributed by atoms with Crippen LogP contribution in [-0.4, -0.2) is 72.3 Å². The van der Waals surface area contributed by atoms with Gasteiger partial charge in [-0.15, -0.1) is 0 Å². The Morgan fingerprint density at radius 3 is 2.22 bits per heavy atom. The number of carbonyl (C=O) groups excluding carboxylic acids is 2. The van der Waals surface area contributed by atoms with Crippen molar-refractivity contribution in [2.75, 3.05) is 31.9 Å². The maximum Gasteiger partial charge on any atom is 0.256 e. The summed E-state index contributed by atoms with van der Waals surface area (Å²) >= 11 is 0. The van der Waals surface area contributed by atoms with Gasteiger partial charge in [-0.2, -0.15) is 4.31 Å². The molecule has 1 aliphatic rings. The van der Waals surface area contributed by atoms with Crippen LogP contribution < -0.4 is 0 Å². The van der Waals surface area contributed by atoms with Crippen LogP contribution in [0.5, 0.6) is 0 Å². The number of sulfonamides is 1. The Bertz CT molecular complexity index is 1170. The van der Waals surface area contributed by atoms with E-state index in [9.17, 15) is 26.8 Å². The van der Waals surface area contributed by atoms with Gasteiger partial charge in [0.25, 0.3) is 5.91 Å². The third-order valence-electron chi connectivity index (χ3n) is 6.52. The van der Waals surface area contributed by atoms with Gasteiger partial charge in [-0.05, 0) is 55.5 Å². The number of likely N-dealkylation sites (tertiary alicyclic amines) is 1. The molecule has 0 atom stereocenters. The fourth-order valence-corrected chi connectivity index (χ4v) is 6.13. The molecule has 0 spiro atoms. The minimum atomic E-state index is -3.58. The zero-order chi connectivity index (χ0) is 27.0. The molecule has 0 unspecified atom stereocenters. The van der Waals surface area contributed by atoms with Gasteiger partial charge in [-0.3, -0.25) is 9.59 Å². The summed E-state index contributed by atoms with van der Waals surface area (Å²) in [5.41, 5.74) is 0.731. The molecule has 37 heavy (non-hydrogen) atoms. The van der Waals surface area contributed by atoms with Crippen molar-refractivity contribution in [1.29, 1.82) is 0 Å². The van der Waals surface area contributed by atoms with E-state index in [4.69, 9.17) is 0 Å². The summed E-state index contributed by atoms with van der Waals surface area (Å²) in [4.78, 5) is 29.6. The molecule has 3 rings (SSSR count). The molecule has 202 valence electrons. The molecule has 0 aromatic heterocycles. The largest absolute Gasteiger partial charge is 0.338 e. The van der Waals surface area contributed by atoms with Crippen LogP contribution in [0.15, 0.2) is 48.5 Å². The van der Waals surface area contributed by atoms with Crippen molar-refractivity contribution in [3.63, 3.8) is 0 Å². The predicted molar refractivity (Wildman–Crippen MR) is 138 cm³/mol. The highest BCUT2D eigenvalue weighted by atomic mass is 32.2. The predicted octanol–water partition coefficient (Wildman–Crippen LogP) is 4.05. The number of benzene rings is 2. The number of amides is 2. The second kappa shape index (κ2) is 13.1. The molecule has 0 N–H and O–H groups in total. The van der Waals surface area contributed by atoms with Crippen LogP contribution in [0.2, 0.25) is 0 Å². The molecule has 1 aliphatic heterocycles. The monoisotopic (exact) mass is 535 g/mol. The second-order valence-corrected chi connectivity index (χ2v) is 11.4. The molecule has 2 aromatic rings. The molecule has 0 saturated carbocycles. The van der Waals surface area contributed by atoms with Crippen molar-refractivity contribution >= 4 is 21.8 Å². The Balaban J connectivity index is 1.78.